The van der Waals surface area contributed by atoms with Crippen LogP contribution < -0.4 is 5.32 Å². The summed E-state index contributed by atoms with van der Waals surface area (Å²) in [6, 6.07) is 7.97. The zero-order chi connectivity index (χ0) is 20.1. The molecule has 0 radical (unpaired) electrons. The minimum atomic E-state index is -4.29. The van der Waals surface area contributed by atoms with Crippen molar-refractivity contribution in [3.05, 3.63) is 48.4 Å². The average molecular weight is 412 g/mol. The van der Waals surface area contributed by atoms with Gasteiger partial charge in [-0.25, -0.2) is 0 Å². The van der Waals surface area contributed by atoms with E-state index in [2.05, 4.69) is 5.32 Å². The summed E-state index contributed by atoms with van der Waals surface area (Å²) in [4.78, 5) is 27.1. The fraction of sp³-hybridized carbons (Fsp3) is 0.368. The van der Waals surface area contributed by atoms with E-state index < -0.39 is 17.8 Å². The van der Waals surface area contributed by atoms with E-state index in [0.717, 1.165) is 0 Å². The highest BCUT2D eigenvalue weighted by molar-refractivity contribution is 7.99. The van der Waals surface area contributed by atoms with E-state index in [0.29, 0.717) is 47.3 Å². The highest BCUT2D eigenvalue weighted by Crippen LogP contribution is 2.32. The Kier molecular flexibility index (Phi) is 6.33. The number of carbonyl (C=O) groups excluding carboxylic acids is 2. The number of rotatable bonds is 5. The van der Waals surface area contributed by atoms with E-state index in [1.165, 1.54) is 12.5 Å². The van der Waals surface area contributed by atoms with E-state index in [1.807, 2.05) is 0 Å². The van der Waals surface area contributed by atoms with Gasteiger partial charge in [-0.15, -0.1) is 11.8 Å². The number of para-hydroxylation sites is 1. The first-order valence-corrected chi connectivity index (χ1v) is 9.73. The summed E-state index contributed by atoms with van der Waals surface area (Å²) in [6.07, 6.45) is -0.235. The Morgan fingerprint density at radius 3 is 2.75 bits per heavy atom. The molecule has 3 rings (SSSR count). The van der Waals surface area contributed by atoms with Gasteiger partial charge in [-0.3, -0.25) is 9.59 Å². The van der Waals surface area contributed by atoms with Crippen LogP contribution in [0, 0.1) is 5.92 Å². The maximum absolute atomic E-state index is 12.7. The lowest BCUT2D eigenvalue weighted by atomic mass is 9.96. The summed E-state index contributed by atoms with van der Waals surface area (Å²) in [5.74, 6) is -1.96. The molecule has 5 nitrogen and oxygen atoms in total. The number of furan rings is 1. The van der Waals surface area contributed by atoms with Crippen LogP contribution in [0.3, 0.4) is 0 Å². The normalized spacial score (nSPS) is 17.4. The Balaban J connectivity index is 1.64. The van der Waals surface area contributed by atoms with Crippen molar-refractivity contribution in [1.82, 2.24) is 4.90 Å². The lowest BCUT2D eigenvalue weighted by Gasteiger charge is -2.32. The van der Waals surface area contributed by atoms with Gasteiger partial charge in [0.05, 0.1) is 29.2 Å². The molecular formula is C19H19F3N2O3S. The number of carbonyl (C=O) groups is 2. The van der Waals surface area contributed by atoms with Crippen LogP contribution in [0.2, 0.25) is 0 Å². The molecule has 2 aromatic rings. The standard InChI is InChI=1S/C19H19F3N2O3S/c20-19(21,22)12-28-16-6-2-1-5-15(16)23-17(25)13-4-3-8-24(10-13)18(26)14-7-9-27-11-14/h1-2,5-7,9,11,13H,3-4,8,10,12H2,(H,23,25). The van der Waals surface area contributed by atoms with Gasteiger partial charge in [0.1, 0.15) is 6.26 Å². The molecular weight excluding hydrogens is 393 g/mol. The maximum Gasteiger partial charge on any atom is 0.398 e. The Morgan fingerprint density at radius 1 is 1.25 bits per heavy atom. The van der Waals surface area contributed by atoms with Gasteiger partial charge in [-0.2, -0.15) is 13.2 Å². The molecule has 150 valence electrons. The molecule has 1 fully saturated rings. The number of hydrogen-bond acceptors (Lipinski definition) is 4. The Hall–Kier alpha value is -2.42. The second-order valence-electron chi connectivity index (χ2n) is 6.49. The molecule has 1 aromatic heterocycles. The number of likely N-dealkylation sites (tertiary alicyclic amines) is 1. The number of nitrogens with zero attached hydrogens (tertiary/aromatic N) is 1. The smallest absolute Gasteiger partial charge is 0.398 e. The summed E-state index contributed by atoms with van der Waals surface area (Å²) >= 11 is 0.632. The molecule has 2 amide bonds. The van der Waals surface area contributed by atoms with Crippen LogP contribution in [0.1, 0.15) is 23.2 Å². The maximum atomic E-state index is 12.7. The van der Waals surface area contributed by atoms with Gasteiger partial charge in [0.2, 0.25) is 5.91 Å². The summed E-state index contributed by atoms with van der Waals surface area (Å²) < 4.78 is 42.5. The number of amides is 2. The van der Waals surface area contributed by atoms with Crippen molar-refractivity contribution >= 4 is 29.3 Å². The van der Waals surface area contributed by atoms with Gasteiger partial charge >= 0.3 is 6.18 Å². The second-order valence-corrected chi connectivity index (χ2v) is 7.51. The van der Waals surface area contributed by atoms with Gasteiger partial charge in [-0.05, 0) is 31.0 Å². The lowest BCUT2D eigenvalue weighted by molar-refractivity contribution is -0.121. The van der Waals surface area contributed by atoms with Crippen molar-refractivity contribution in [1.29, 1.82) is 0 Å². The highest BCUT2D eigenvalue weighted by atomic mass is 32.2. The second kappa shape index (κ2) is 8.72. The van der Waals surface area contributed by atoms with Crippen molar-refractivity contribution in [2.24, 2.45) is 5.92 Å². The number of halogens is 3. The minimum Gasteiger partial charge on any atom is -0.472 e. The SMILES string of the molecule is O=C(Nc1ccccc1SCC(F)(F)F)C1CCCN(C(=O)c2ccoc2)C1. The van der Waals surface area contributed by atoms with Crippen LogP contribution in [0.25, 0.3) is 0 Å². The molecule has 9 heteroatoms. The van der Waals surface area contributed by atoms with Crippen molar-refractivity contribution < 1.29 is 27.2 Å². The zero-order valence-corrected chi connectivity index (χ0v) is 15.7. The van der Waals surface area contributed by atoms with Crippen LogP contribution >= 0.6 is 11.8 Å². The van der Waals surface area contributed by atoms with E-state index in [-0.39, 0.29) is 18.4 Å². The Morgan fingerprint density at radius 2 is 2.04 bits per heavy atom. The fourth-order valence-corrected chi connectivity index (χ4v) is 3.80. The molecule has 28 heavy (non-hydrogen) atoms. The molecule has 1 aliphatic heterocycles. The first-order chi connectivity index (χ1) is 13.3. The number of nitrogens with one attached hydrogen (secondary N) is 1. The van der Waals surface area contributed by atoms with Crippen molar-refractivity contribution in [2.75, 3.05) is 24.2 Å². The number of anilines is 1. The topological polar surface area (TPSA) is 62.6 Å². The quantitative estimate of drug-likeness (QED) is 0.739. The van der Waals surface area contributed by atoms with E-state index in [4.69, 9.17) is 4.42 Å². The van der Waals surface area contributed by atoms with Crippen LogP contribution in [-0.4, -0.2) is 41.7 Å². The average Bonchev–Trinajstić information content (AvgIpc) is 3.21. The zero-order valence-electron chi connectivity index (χ0n) is 14.9. The van der Waals surface area contributed by atoms with E-state index >= 15 is 0 Å². The van der Waals surface area contributed by atoms with E-state index in [1.54, 1.807) is 35.2 Å². The van der Waals surface area contributed by atoms with Crippen molar-refractivity contribution in [2.45, 2.75) is 23.9 Å². The summed E-state index contributed by atoms with van der Waals surface area (Å²) in [5, 5.41) is 2.73. The fourth-order valence-electron chi connectivity index (χ4n) is 3.03. The summed E-state index contributed by atoms with van der Waals surface area (Å²) in [6.45, 7) is 0.805. The number of alkyl halides is 3. The highest BCUT2D eigenvalue weighted by Gasteiger charge is 2.30. The van der Waals surface area contributed by atoms with Crippen molar-refractivity contribution in [3.8, 4) is 0 Å². The first-order valence-electron chi connectivity index (χ1n) is 8.74. The summed E-state index contributed by atoms with van der Waals surface area (Å²) in [7, 11) is 0. The number of thioether (sulfide) groups is 1. The van der Waals surface area contributed by atoms with Gasteiger partial charge in [-0.1, -0.05) is 12.1 Å². The number of piperidine rings is 1. The Labute approximate surface area is 164 Å². The summed E-state index contributed by atoms with van der Waals surface area (Å²) in [5.41, 5.74) is 0.773. The predicted octanol–water partition coefficient (Wildman–Crippen LogP) is 4.42. The number of hydrogen-bond donors (Lipinski definition) is 1. The van der Waals surface area contributed by atoms with Gasteiger partial charge in [0.15, 0.2) is 0 Å². The molecule has 1 N–H and O–H groups in total. The predicted molar refractivity (Wildman–Crippen MR) is 99.2 cm³/mol. The van der Waals surface area contributed by atoms with Crippen LogP contribution in [0.4, 0.5) is 18.9 Å². The molecule has 1 saturated heterocycles. The number of benzene rings is 1. The largest absolute Gasteiger partial charge is 0.472 e. The van der Waals surface area contributed by atoms with Gasteiger partial charge in [0.25, 0.3) is 5.91 Å². The molecule has 2 heterocycles. The lowest BCUT2D eigenvalue weighted by Crippen LogP contribution is -2.43. The molecule has 0 spiro atoms. The molecule has 1 aliphatic rings. The van der Waals surface area contributed by atoms with Crippen LogP contribution in [-0.2, 0) is 4.79 Å². The van der Waals surface area contributed by atoms with Gasteiger partial charge in [0, 0.05) is 18.0 Å². The minimum absolute atomic E-state index is 0.201. The van der Waals surface area contributed by atoms with Crippen LogP contribution in [0.5, 0.6) is 0 Å². The third kappa shape index (κ3) is 5.31. The van der Waals surface area contributed by atoms with Crippen molar-refractivity contribution in [3.63, 3.8) is 0 Å². The van der Waals surface area contributed by atoms with Crippen LogP contribution in [0.15, 0.2) is 52.2 Å². The molecule has 1 unspecified atom stereocenters. The molecule has 1 aromatic carbocycles. The molecule has 0 aliphatic carbocycles. The third-order valence-electron chi connectivity index (χ3n) is 4.38. The first kappa shape index (κ1) is 20.3. The Bertz CT molecular complexity index is 824. The third-order valence-corrected chi connectivity index (χ3v) is 5.52. The molecule has 1 atom stereocenters. The van der Waals surface area contributed by atoms with E-state index in [9.17, 15) is 22.8 Å². The van der Waals surface area contributed by atoms with Gasteiger partial charge < -0.3 is 14.6 Å². The molecule has 0 bridgehead atoms. The molecule has 0 saturated carbocycles. The monoisotopic (exact) mass is 412 g/mol.